The molecule has 0 amide bonds. The van der Waals surface area contributed by atoms with Crippen molar-refractivity contribution in [2.75, 3.05) is 6.54 Å². The molecule has 5 aliphatic rings. The van der Waals surface area contributed by atoms with Gasteiger partial charge >= 0.3 is 0 Å². The highest BCUT2D eigenvalue weighted by atomic mass is 16.5. The molecule has 2 spiro atoms. The number of fused-ring (bicyclic) bond motifs is 1. The fourth-order valence-corrected chi connectivity index (χ4v) is 4.01. The molecule has 3 saturated carbocycles. The lowest BCUT2D eigenvalue weighted by molar-refractivity contribution is 0.159. The summed E-state index contributed by atoms with van der Waals surface area (Å²) in [5.41, 5.74) is 4.01. The molecule has 6 rings (SSSR count). The van der Waals surface area contributed by atoms with E-state index in [4.69, 9.17) is 14.7 Å². The molecule has 4 heteroatoms. The summed E-state index contributed by atoms with van der Waals surface area (Å²) in [6, 6.07) is 6.31. The molecule has 3 aliphatic carbocycles. The third-order valence-electron chi connectivity index (χ3n) is 6.46. The van der Waals surface area contributed by atoms with Crippen molar-refractivity contribution >= 4 is 23.5 Å². The van der Waals surface area contributed by atoms with Crippen LogP contribution in [-0.2, 0) is 0 Å². The Labute approximate surface area is 153 Å². The lowest BCUT2D eigenvalue weighted by Gasteiger charge is -2.28. The van der Waals surface area contributed by atoms with E-state index in [0.29, 0.717) is 10.8 Å². The molecule has 2 aliphatic heterocycles. The minimum absolute atomic E-state index is 0.253. The van der Waals surface area contributed by atoms with Crippen molar-refractivity contribution in [2.24, 2.45) is 25.8 Å². The molecule has 132 valence electrons. The standard InChI is InChI=1S/C22H23N3O/c1-20(2)6-5-14-11-15(3-4-16(14)26-20)18(24-17-12-21(17)7-8-21)25-19-22(9-10-22)13-23-19/h3-6,11H,7-10,12-13H2,1-2H3. The summed E-state index contributed by atoms with van der Waals surface area (Å²) in [7, 11) is 0. The van der Waals surface area contributed by atoms with Crippen LogP contribution in [0.2, 0.25) is 0 Å². The van der Waals surface area contributed by atoms with Gasteiger partial charge in [0.2, 0.25) is 0 Å². The minimum Gasteiger partial charge on any atom is -0.483 e. The molecule has 0 saturated heterocycles. The number of rotatable bonds is 1. The molecule has 1 aromatic carbocycles. The average molecular weight is 345 g/mol. The quantitative estimate of drug-likeness (QED) is 0.548. The second kappa shape index (κ2) is 4.54. The molecule has 0 atom stereocenters. The Kier molecular flexibility index (Phi) is 2.60. The van der Waals surface area contributed by atoms with Crippen LogP contribution >= 0.6 is 0 Å². The van der Waals surface area contributed by atoms with Crippen LogP contribution in [0.15, 0.2) is 39.3 Å². The molecule has 1 aromatic rings. The van der Waals surface area contributed by atoms with Crippen LogP contribution in [0.1, 0.15) is 57.1 Å². The predicted molar refractivity (Wildman–Crippen MR) is 104 cm³/mol. The zero-order valence-corrected chi connectivity index (χ0v) is 15.4. The third-order valence-corrected chi connectivity index (χ3v) is 6.46. The zero-order valence-electron chi connectivity index (χ0n) is 15.4. The topological polar surface area (TPSA) is 46.3 Å². The van der Waals surface area contributed by atoms with Gasteiger partial charge in [0.15, 0.2) is 5.84 Å². The monoisotopic (exact) mass is 345 g/mol. The minimum atomic E-state index is -0.253. The maximum atomic E-state index is 6.06. The molecule has 0 radical (unpaired) electrons. The zero-order chi connectivity index (χ0) is 17.6. The van der Waals surface area contributed by atoms with E-state index in [0.717, 1.165) is 41.5 Å². The van der Waals surface area contributed by atoms with Crippen LogP contribution in [0, 0.1) is 10.8 Å². The number of amidine groups is 2. The number of hydrogen-bond donors (Lipinski definition) is 0. The van der Waals surface area contributed by atoms with Crippen LogP contribution in [0.3, 0.4) is 0 Å². The van der Waals surface area contributed by atoms with Crippen LogP contribution in [0.5, 0.6) is 5.75 Å². The Morgan fingerprint density at radius 2 is 1.92 bits per heavy atom. The first kappa shape index (κ1) is 14.9. The van der Waals surface area contributed by atoms with Gasteiger partial charge in [-0.15, -0.1) is 0 Å². The summed E-state index contributed by atoms with van der Waals surface area (Å²) in [6.07, 6.45) is 10.5. The van der Waals surface area contributed by atoms with Crippen molar-refractivity contribution in [1.29, 1.82) is 0 Å². The van der Waals surface area contributed by atoms with Crippen LogP contribution in [0.4, 0.5) is 0 Å². The molecule has 0 aromatic heterocycles. The maximum absolute atomic E-state index is 6.06. The van der Waals surface area contributed by atoms with E-state index in [1.165, 1.54) is 31.4 Å². The van der Waals surface area contributed by atoms with E-state index in [2.05, 4.69) is 49.2 Å². The summed E-state index contributed by atoms with van der Waals surface area (Å²) < 4.78 is 6.06. The second-order valence-electron chi connectivity index (χ2n) is 9.16. The van der Waals surface area contributed by atoms with Crippen LogP contribution in [0.25, 0.3) is 6.08 Å². The van der Waals surface area contributed by atoms with Gasteiger partial charge in [0.25, 0.3) is 0 Å². The van der Waals surface area contributed by atoms with Gasteiger partial charge in [-0.25, -0.2) is 9.98 Å². The first-order valence-corrected chi connectivity index (χ1v) is 9.72. The van der Waals surface area contributed by atoms with Crippen LogP contribution in [-0.4, -0.2) is 29.5 Å². The van der Waals surface area contributed by atoms with E-state index < -0.39 is 0 Å². The van der Waals surface area contributed by atoms with E-state index in [9.17, 15) is 0 Å². The van der Waals surface area contributed by atoms with Gasteiger partial charge in [-0.2, -0.15) is 0 Å². The Hall–Kier alpha value is -2.23. The highest BCUT2D eigenvalue weighted by molar-refractivity contribution is 6.19. The van der Waals surface area contributed by atoms with Gasteiger partial charge in [-0.1, -0.05) is 6.08 Å². The summed E-state index contributed by atoms with van der Waals surface area (Å²) in [5.74, 6) is 2.79. The largest absolute Gasteiger partial charge is 0.483 e. The summed E-state index contributed by atoms with van der Waals surface area (Å²) >= 11 is 0. The highest BCUT2D eigenvalue weighted by Gasteiger charge is 2.60. The first-order chi connectivity index (χ1) is 12.5. The summed E-state index contributed by atoms with van der Waals surface area (Å²) in [4.78, 5) is 14.5. The molecular weight excluding hydrogens is 322 g/mol. The Balaban J connectivity index is 1.39. The van der Waals surface area contributed by atoms with Gasteiger partial charge in [-0.3, -0.25) is 4.99 Å². The van der Waals surface area contributed by atoms with Gasteiger partial charge in [0.1, 0.15) is 17.2 Å². The number of benzene rings is 1. The molecule has 2 heterocycles. The average Bonchev–Trinajstić information content (AvgIpc) is 3.48. The molecular formula is C22H23N3O. The number of aliphatic imine (C=N–C) groups is 3. The molecule has 3 fully saturated rings. The van der Waals surface area contributed by atoms with Crippen molar-refractivity contribution < 1.29 is 4.74 Å². The summed E-state index contributed by atoms with van der Waals surface area (Å²) in [5, 5.41) is 0. The lowest BCUT2D eigenvalue weighted by Crippen LogP contribution is -2.29. The normalized spacial score (nSPS) is 29.1. The van der Waals surface area contributed by atoms with Crippen LogP contribution < -0.4 is 4.74 Å². The fourth-order valence-electron chi connectivity index (χ4n) is 4.01. The van der Waals surface area contributed by atoms with Crippen molar-refractivity contribution in [3.63, 3.8) is 0 Å². The molecule has 0 unspecified atom stereocenters. The van der Waals surface area contributed by atoms with Crippen molar-refractivity contribution in [3.8, 4) is 5.75 Å². The van der Waals surface area contributed by atoms with E-state index in [1.807, 2.05) is 0 Å². The van der Waals surface area contributed by atoms with Crippen molar-refractivity contribution in [2.45, 2.75) is 51.6 Å². The van der Waals surface area contributed by atoms with E-state index in [-0.39, 0.29) is 5.60 Å². The lowest BCUT2D eigenvalue weighted by atomic mass is 9.99. The molecule has 26 heavy (non-hydrogen) atoms. The smallest absolute Gasteiger partial charge is 0.161 e. The van der Waals surface area contributed by atoms with Gasteiger partial charge in [0.05, 0.1) is 6.54 Å². The Bertz CT molecular complexity index is 956. The van der Waals surface area contributed by atoms with E-state index in [1.54, 1.807) is 0 Å². The SMILES string of the molecule is CC1(C)C=Cc2cc(C(=NC3=NCC34CC4)N=C3CC34CC4)ccc2O1. The van der Waals surface area contributed by atoms with Crippen molar-refractivity contribution in [3.05, 3.63) is 35.4 Å². The summed E-state index contributed by atoms with van der Waals surface area (Å²) in [6.45, 7) is 5.10. The molecule has 4 nitrogen and oxygen atoms in total. The molecule has 0 bridgehead atoms. The van der Waals surface area contributed by atoms with Gasteiger partial charge in [-0.05, 0) is 70.2 Å². The fraction of sp³-hybridized carbons (Fsp3) is 0.500. The number of nitrogens with zero attached hydrogens (tertiary/aromatic N) is 3. The number of hydrogen-bond acceptors (Lipinski definition) is 3. The van der Waals surface area contributed by atoms with Crippen molar-refractivity contribution in [1.82, 2.24) is 0 Å². The number of ether oxygens (including phenoxy) is 1. The third kappa shape index (κ3) is 2.24. The van der Waals surface area contributed by atoms with E-state index >= 15 is 0 Å². The first-order valence-electron chi connectivity index (χ1n) is 9.72. The highest BCUT2D eigenvalue weighted by Crippen LogP contribution is 2.63. The van der Waals surface area contributed by atoms with Gasteiger partial charge in [0, 0.05) is 27.7 Å². The molecule has 0 N–H and O–H groups in total. The predicted octanol–water partition coefficient (Wildman–Crippen LogP) is 4.43. The maximum Gasteiger partial charge on any atom is 0.161 e. The van der Waals surface area contributed by atoms with Gasteiger partial charge < -0.3 is 4.74 Å². The Morgan fingerprint density at radius 3 is 2.58 bits per heavy atom. The second-order valence-corrected chi connectivity index (χ2v) is 9.16. The Morgan fingerprint density at radius 1 is 1.12 bits per heavy atom.